The van der Waals surface area contributed by atoms with E-state index in [4.69, 9.17) is 18.9 Å². The first-order valence-corrected chi connectivity index (χ1v) is 10.9. The highest BCUT2D eigenvalue weighted by Crippen LogP contribution is 2.38. The van der Waals surface area contributed by atoms with Crippen molar-refractivity contribution in [3.8, 4) is 22.9 Å². The molecule has 1 N–H and O–H groups in total. The van der Waals surface area contributed by atoms with Crippen LogP contribution < -0.4 is 19.5 Å². The number of halogens is 1. The predicted molar refractivity (Wildman–Crippen MR) is 129 cm³/mol. The lowest BCUT2D eigenvalue weighted by atomic mass is 10.1. The largest absolute Gasteiger partial charge is 0.493 e. The van der Waals surface area contributed by atoms with Crippen LogP contribution >= 0.6 is 0 Å². The average molecular weight is 499 g/mol. The van der Waals surface area contributed by atoms with Crippen LogP contribution in [0, 0.1) is 19.7 Å². The molecule has 1 heterocycles. The Bertz CT molecular complexity index is 1270. The number of benzene rings is 2. The Labute approximate surface area is 207 Å². The maximum Gasteiger partial charge on any atom is 0.325 e. The number of carbonyl (C=O) groups excluding carboxylic acids is 3. The number of nitrogens with zero attached hydrogens (tertiary/aromatic N) is 1. The van der Waals surface area contributed by atoms with Gasteiger partial charge in [-0.1, -0.05) is 6.07 Å². The molecule has 0 bridgehead atoms. The molecule has 190 valence electrons. The van der Waals surface area contributed by atoms with Crippen molar-refractivity contribution in [3.63, 3.8) is 0 Å². The van der Waals surface area contributed by atoms with Gasteiger partial charge in [0, 0.05) is 28.2 Å². The Morgan fingerprint density at radius 2 is 1.61 bits per heavy atom. The third kappa shape index (κ3) is 5.65. The number of esters is 1. The van der Waals surface area contributed by atoms with E-state index in [0.29, 0.717) is 22.7 Å². The van der Waals surface area contributed by atoms with Gasteiger partial charge in [0.15, 0.2) is 18.1 Å². The van der Waals surface area contributed by atoms with Crippen molar-refractivity contribution in [2.75, 3.05) is 34.5 Å². The molecule has 0 aliphatic rings. The van der Waals surface area contributed by atoms with Crippen molar-refractivity contribution in [3.05, 3.63) is 70.8 Å². The van der Waals surface area contributed by atoms with Crippen LogP contribution in [0.25, 0.3) is 5.69 Å². The van der Waals surface area contributed by atoms with Gasteiger partial charge in [-0.15, -0.1) is 0 Å². The maximum atomic E-state index is 13.7. The van der Waals surface area contributed by atoms with Gasteiger partial charge >= 0.3 is 5.97 Å². The Morgan fingerprint density at radius 1 is 0.944 bits per heavy atom. The van der Waals surface area contributed by atoms with Gasteiger partial charge < -0.3 is 28.8 Å². The van der Waals surface area contributed by atoms with E-state index in [9.17, 15) is 18.8 Å². The van der Waals surface area contributed by atoms with Crippen molar-refractivity contribution < 1.29 is 37.7 Å². The van der Waals surface area contributed by atoms with Crippen LogP contribution in [0.4, 0.5) is 4.39 Å². The number of hydrogen-bond acceptors (Lipinski definition) is 7. The number of rotatable bonds is 10. The minimum Gasteiger partial charge on any atom is -0.493 e. The fourth-order valence-electron chi connectivity index (χ4n) is 3.80. The van der Waals surface area contributed by atoms with Crippen LogP contribution in [-0.4, -0.2) is 56.7 Å². The third-order valence-electron chi connectivity index (χ3n) is 5.48. The van der Waals surface area contributed by atoms with E-state index in [1.807, 2.05) is 0 Å². The first-order chi connectivity index (χ1) is 17.2. The lowest BCUT2D eigenvalue weighted by Gasteiger charge is -2.14. The molecule has 0 saturated heterocycles. The second-order valence-electron chi connectivity index (χ2n) is 7.78. The molecule has 1 amide bonds. The standard InChI is InChI=1S/C26H27FN2O7/c1-15-9-20(16(2)29(15)19-8-6-7-18(27)12-19)21(30)14-36-24(31)13-28-26(32)17-10-22(33-3)25(35-5)23(11-17)34-4/h6-12H,13-14H2,1-5H3,(H,28,32). The van der Waals surface area contributed by atoms with Gasteiger partial charge in [-0.2, -0.15) is 0 Å². The monoisotopic (exact) mass is 498 g/mol. The summed E-state index contributed by atoms with van der Waals surface area (Å²) in [5.74, 6) is -1.28. The summed E-state index contributed by atoms with van der Waals surface area (Å²) in [5.41, 5.74) is 2.43. The fourth-order valence-corrected chi connectivity index (χ4v) is 3.80. The van der Waals surface area contributed by atoms with Crippen LogP contribution in [-0.2, 0) is 9.53 Å². The van der Waals surface area contributed by atoms with Crippen LogP contribution in [0.2, 0.25) is 0 Å². The number of carbonyl (C=O) groups is 3. The van der Waals surface area contributed by atoms with Crippen molar-refractivity contribution in [1.29, 1.82) is 0 Å². The minimum atomic E-state index is -0.789. The zero-order valence-corrected chi connectivity index (χ0v) is 20.6. The van der Waals surface area contributed by atoms with Gasteiger partial charge in [0.25, 0.3) is 5.91 Å². The average Bonchev–Trinajstić information content (AvgIpc) is 3.18. The molecule has 36 heavy (non-hydrogen) atoms. The number of methoxy groups -OCH3 is 3. The first-order valence-electron chi connectivity index (χ1n) is 10.9. The highest BCUT2D eigenvalue weighted by atomic mass is 19.1. The zero-order chi connectivity index (χ0) is 26.4. The summed E-state index contributed by atoms with van der Waals surface area (Å²) in [6, 6.07) is 10.6. The molecule has 0 aliphatic heterocycles. The summed E-state index contributed by atoms with van der Waals surface area (Å²) >= 11 is 0. The smallest absolute Gasteiger partial charge is 0.325 e. The van der Waals surface area contributed by atoms with E-state index >= 15 is 0 Å². The molecule has 2 aromatic carbocycles. The molecular weight excluding hydrogens is 471 g/mol. The normalized spacial score (nSPS) is 10.5. The molecule has 0 saturated carbocycles. The molecule has 3 rings (SSSR count). The lowest BCUT2D eigenvalue weighted by molar-refractivity contribution is -0.141. The van der Waals surface area contributed by atoms with E-state index in [-0.39, 0.29) is 17.1 Å². The molecule has 0 radical (unpaired) electrons. The van der Waals surface area contributed by atoms with Crippen molar-refractivity contribution >= 4 is 17.7 Å². The van der Waals surface area contributed by atoms with Gasteiger partial charge in [-0.3, -0.25) is 14.4 Å². The number of aryl methyl sites for hydroxylation is 1. The number of nitrogens with one attached hydrogen (secondary N) is 1. The van der Waals surface area contributed by atoms with Crippen LogP contribution in [0.5, 0.6) is 17.2 Å². The van der Waals surface area contributed by atoms with E-state index in [1.165, 1.54) is 45.6 Å². The van der Waals surface area contributed by atoms with Crippen LogP contribution in [0.3, 0.4) is 0 Å². The topological polar surface area (TPSA) is 105 Å². The third-order valence-corrected chi connectivity index (χ3v) is 5.48. The summed E-state index contributed by atoms with van der Waals surface area (Å²) in [7, 11) is 4.28. The zero-order valence-electron chi connectivity index (χ0n) is 20.6. The van der Waals surface area contributed by atoms with Crippen molar-refractivity contribution in [1.82, 2.24) is 9.88 Å². The van der Waals surface area contributed by atoms with Crippen LogP contribution in [0.15, 0.2) is 42.5 Å². The molecule has 9 nitrogen and oxygen atoms in total. The summed E-state index contributed by atoms with van der Waals surface area (Å²) < 4.78 is 36.1. The van der Waals surface area contributed by atoms with Gasteiger partial charge in [0.05, 0.1) is 21.3 Å². The number of ether oxygens (including phenoxy) is 4. The number of ketones is 1. The van der Waals surface area contributed by atoms with Gasteiger partial charge in [-0.05, 0) is 50.2 Å². The molecule has 1 aromatic heterocycles. The van der Waals surface area contributed by atoms with Gasteiger partial charge in [0.1, 0.15) is 12.4 Å². The quantitative estimate of drug-likeness (QED) is 0.337. The molecule has 0 spiro atoms. The number of amides is 1. The number of hydrogen-bond donors (Lipinski definition) is 1. The van der Waals surface area contributed by atoms with Gasteiger partial charge in [-0.25, -0.2) is 4.39 Å². The highest BCUT2D eigenvalue weighted by Gasteiger charge is 2.20. The van der Waals surface area contributed by atoms with Gasteiger partial charge in [0.2, 0.25) is 11.5 Å². The second kappa shape index (κ2) is 11.4. The van der Waals surface area contributed by atoms with E-state index in [0.717, 1.165) is 5.69 Å². The molecule has 0 fully saturated rings. The molecule has 3 aromatic rings. The van der Waals surface area contributed by atoms with Crippen LogP contribution in [0.1, 0.15) is 32.1 Å². The fraction of sp³-hybridized carbons (Fsp3) is 0.269. The first kappa shape index (κ1) is 26.3. The Kier molecular flexibility index (Phi) is 8.31. The van der Waals surface area contributed by atoms with E-state index in [2.05, 4.69) is 5.32 Å². The Balaban J connectivity index is 1.61. The Morgan fingerprint density at radius 3 is 2.19 bits per heavy atom. The van der Waals surface area contributed by atoms with E-state index < -0.39 is 36.6 Å². The summed E-state index contributed by atoms with van der Waals surface area (Å²) in [6.45, 7) is 2.56. The number of aromatic nitrogens is 1. The summed E-state index contributed by atoms with van der Waals surface area (Å²) in [6.07, 6.45) is 0. The summed E-state index contributed by atoms with van der Waals surface area (Å²) in [4.78, 5) is 37.4. The molecule has 0 unspecified atom stereocenters. The molecular formula is C26H27FN2O7. The predicted octanol–water partition coefficient (Wildman–Crippen LogP) is 3.41. The van der Waals surface area contributed by atoms with Crippen molar-refractivity contribution in [2.45, 2.75) is 13.8 Å². The highest BCUT2D eigenvalue weighted by molar-refractivity contribution is 6.00. The SMILES string of the molecule is COc1cc(C(=O)NCC(=O)OCC(=O)c2cc(C)n(-c3cccc(F)c3)c2C)cc(OC)c1OC. The van der Waals surface area contributed by atoms with Crippen molar-refractivity contribution in [2.24, 2.45) is 0 Å². The minimum absolute atomic E-state index is 0.179. The second-order valence-corrected chi connectivity index (χ2v) is 7.78. The lowest BCUT2D eigenvalue weighted by Crippen LogP contribution is -2.31. The molecule has 0 aliphatic carbocycles. The molecule has 10 heteroatoms. The Hall–Kier alpha value is -4.34. The maximum absolute atomic E-state index is 13.7. The van der Waals surface area contributed by atoms with E-state index in [1.54, 1.807) is 36.6 Å². The summed E-state index contributed by atoms with van der Waals surface area (Å²) in [5, 5.41) is 2.44. The number of Topliss-reactive ketones (excluding diaryl/α,β-unsaturated/α-hetero) is 1. The molecule has 0 atom stereocenters.